The van der Waals surface area contributed by atoms with Crippen LogP contribution in [0.1, 0.15) is 10.4 Å². The maximum Gasteiger partial charge on any atom is 0.256 e. The van der Waals surface area contributed by atoms with E-state index in [-0.39, 0.29) is 11.5 Å². The first-order valence-corrected chi connectivity index (χ1v) is 9.40. The molecule has 0 aliphatic carbocycles. The minimum atomic E-state index is -0.465. The molecular formula is C20H18FN3OS. The zero-order valence-corrected chi connectivity index (χ0v) is 15.0. The number of nitrogens with zero attached hydrogens (tertiary/aromatic N) is 3. The lowest BCUT2D eigenvalue weighted by atomic mass is 10.1. The van der Waals surface area contributed by atoms with Crippen LogP contribution >= 0.6 is 11.3 Å². The second-order valence-electron chi connectivity index (χ2n) is 6.14. The molecule has 1 saturated heterocycles. The van der Waals surface area contributed by atoms with E-state index < -0.39 is 5.82 Å². The predicted octanol–water partition coefficient (Wildman–Crippen LogP) is 3.91. The molecule has 0 bridgehead atoms. The van der Waals surface area contributed by atoms with Gasteiger partial charge in [0.05, 0.1) is 11.3 Å². The number of rotatable bonds is 3. The number of thiazole rings is 1. The van der Waals surface area contributed by atoms with E-state index in [0.717, 1.165) is 16.4 Å². The summed E-state index contributed by atoms with van der Waals surface area (Å²) in [5, 5.41) is 3.02. The van der Waals surface area contributed by atoms with E-state index in [1.54, 1.807) is 28.4 Å². The molecule has 6 heteroatoms. The second kappa shape index (κ2) is 7.25. The third kappa shape index (κ3) is 3.32. The molecule has 132 valence electrons. The van der Waals surface area contributed by atoms with Gasteiger partial charge in [-0.3, -0.25) is 4.79 Å². The smallest absolute Gasteiger partial charge is 0.256 e. The third-order valence-corrected chi connectivity index (χ3v) is 5.40. The van der Waals surface area contributed by atoms with E-state index in [9.17, 15) is 9.18 Å². The van der Waals surface area contributed by atoms with Crippen molar-refractivity contribution in [2.24, 2.45) is 0 Å². The van der Waals surface area contributed by atoms with E-state index in [4.69, 9.17) is 4.98 Å². The Kier molecular flexibility index (Phi) is 4.67. The first-order chi connectivity index (χ1) is 12.7. The minimum absolute atomic E-state index is 0.140. The van der Waals surface area contributed by atoms with Crippen LogP contribution in [0, 0.1) is 5.82 Å². The molecule has 1 amide bonds. The molecule has 0 N–H and O–H groups in total. The number of hydrogen-bond acceptors (Lipinski definition) is 4. The predicted molar refractivity (Wildman–Crippen MR) is 102 cm³/mol. The molecule has 0 spiro atoms. The Labute approximate surface area is 155 Å². The van der Waals surface area contributed by atoms with Crippen molar-refractivity contribution in [2.75, 3.05) is 31.1 Å². The van der Waals surface area contributed by atoms with Gasteiger partial charge in [0.15, 0.2) is 5.13 Å². The van der Waals surface area contributed by atoms with Crippen molar-refractivity contribution in [2.45, 2.75) is 0 Å². The Morgan fingerprint density at radius 2 is 1.65 bits per heavy atom. The molecule has 1 aliphatic heterocycles. The Hall–Kier alpha value is -2.73. The Morgan fingerprint density at radius 1 is 0.962 bits per heavy atom. The molecule has 0 atom stereocenters. The first-order valence-electron chi connectivity index (χ1n) is 8.52. The van der Waals surface area contributed by atoms with Gasteiger partial charge < -0.3 is 9.80 Å². The summed E-state index contributed by atoms with van der Waals surface area (Å²) < 4.78 is 13.8. The average molecular weight is 367 g/mol. The zero-order valence-electron chi connectivity index (χ0n) is 14.1. The summed E-state index contributed by atoms with van der Waals surface area (Å²) in [5.41, 5.74) is 2.21. The summed E-state index contributed by atoms with van der Waals surface area (Å²) in [6, 6.07) is 16.2. The van der Waals surface area contributed by atoms with Crippen molar-refractivity contribution in [3.8, 4) is 11.3 Å². The number of amides is 1. The lowest BCUT2D eigenvalue weighted by molar-refractivity contribution is 0.0742. The third-order valence-electron chi connectivity index (χ3n) is 4.50. The highest BCUT2D eigenvalue weighted by molar-refractivity contribution is 7.14. The molecule has 26 heavy (non-hydrogen) atoms. The SMILES string of the molecule is O=C(c1ccccc1F)N1CCN(c2nc(-c3ccccc3)cs2)CC1. The highest BCUT2D eigenvalue weighted by Crippen LogP contribution is 2.28. The van der Waals surface area contributed by atoms with Crippen molar-refractivity contribution < 1.29 is 9.18 Å². The number of benzene rings is 2. The lowest BCUT2D eigenvalue weighted by Crippen LogP contribution is -2.49. The van der Waals surface area contributed by atoms with Gasteiger partial charge in [-0.1, -0.05) is 42.5 Å². The number of piperazine rings is 1. The molecule has 0 saturated carbocycles. The highest BCUT2D eigenvalue weighted by atomic mass is 32.1. The summed E-state index contributed by atoms with van der Waals surface area (Å²) in [5.74, 6) is -0.709. The maximum atomic E-state index is 13.8. The van der Waals surface area contributed by atoms with E-state index in [2.05, 4.69) is 10.3 Å². The molecule has 2 heterocycles. The van der Waals surface area contributed by atoms with Gasteiger partial charge in [0.2, 0.25) is 0 Å². The number of carbonyl (C=O) groups is 1. The van der Waals surface area contributed by atoms with Gasteiger partial charge in [-0.25, -0.2) is 9.37 Å². The monoisotopic (exact) mass is 367 g/mol. The number of anilines is 1. The van der Waals surface area contributed by atoms with E-state index in [1.165, 1.54) is 12.1 Å². The largest absolute Gasteiger partial charge is 0.345 e. The molecule has 1 fully saturated rings. The number of carbonyl (C=O) groups excluding carboxylic acids is 1. The fraction of sp³-hybridized carbons (Fsp3) is 0.200. The molecule has 4 nitrogen and oxygen atoms in total. The molecule has 0 radical (unpaired) electrons. The van der Waals surface area contributed by atoms with Crippen molar-refractivity contribution in [1.29, 1.82) is 0 Å². The van der Waals surface area contributed by atoms with Crippen LogP contribution in [0.3, 0.4) is 0 Å². The fourth-order valence-electron chi connectivity index (χ4n) is 3.06. The van der Waals surface area contributed by atoms with Crippen molar-refractivity contribution in [3.05, 3.63) is 71.4 Å². The van der Waals surface area contributed by atoms with E-state index in [1.807, 2.05) is 30.3 Å². The molecule has 0 unspecified atom stereocenters. The van der Waals surface area contributed by atoms with Gasteiger partial charge in [0.1, 0.15) is 5.82 Å². The number of hydrogen-bond donors (Lipinski definition) is 0. The molecule has 4 rings (SSSR count). The quantitative estimate of drug-likeness (QED) is 0.704. The van der Waals surface area contributed by atoms with Gasteiger partial charge in [0.25, 0.3) is 5.91 Å². The summed E-state index contributed by atoms with van der Waals surface area (Å²) >= 11 is 1.61. The Morgan fingerprint density at radius 3 is 2.38 bits per heavy atom. The molecule has 2 aromatic carbocycles. The maximum absolute atomic E-state index is 13.8. The minimum Gasteiger partial charge on any atom is -0.345 e. The topological polar surface area (TPSA) is 36.4 Å². The van der Waals surface area contributed by atoms with Crippen LogP contribution in [0.15, 0.2) is 60.0 Å². The van der Waals surface area contributed by atoms with Crippen LogP contribution in [0.4, 0.5) is 9.52 Å². The van der Waals surface area contributed by atoms with Crippen molar-refractivity contribution in [1.82, 2.24) is 9.88 Å². The summed E-state index contributed by atoms with van der Waals surface area (Å²) in [6.07, 6.45) is 0. The van der Waals surface area contributed by atoms with Gasteiger partial charge in [-0.15, -0.1) is 11.3 Å². The Balaban J connectivity index is 1.42. The zero-order chi connectivity index (χ0) is 17.9. The van der Waals surface area contributed by atoms with Crippen LogP contribution < -0.4 is 4.90 Å². The fourth-order valence-corrected chi connectivity index (χ4v) is 3.95. The van der Waals surface area contributed by atoms with Gasteiger partial charge in [-0.2, -0.15) is 0 Å². The van der Waals surface area contributed by atoms with Gasteiger partial charge in [-0.05, 0) is 12.1 Å². The van der Waals surface area contributed by atoms with Crippen LogP contribution in [0.5, 0.6) is 0 Å². The molecule has 1 aromatic heterocycles. The van der Waals surface area contributed by atoms with Gasteiger partial charge in [0, 0.05) is 37.1 Å². The normalized spacial score (nSPS) is 14.5. The second-order valence-corrected chi connectivity index (χ2v) is 6.98. The van der Waals surface area contributed by atoms with Crippen LogP contribution in [0.2, 0.25) is 0 Å². The van der Waals surface area contributed by atoms with Crippen LogP contribution in [0.25, 0.3) is 11.3 Å². The first kappa shape index (κ1) is 16.7. The van der Waals surface area contributed by atoms with Crippen LogP contribution in [-0.4, -0.2) is 42.0 Å². The highest BCUT2D eigenvalue weighted by Gasteiger charge is 2.25. The average Bonchev–Trinajstić information content (AvgIpc) is 3.19. The number of aromatic nitrogens is 1. The summed E-state index contributed by atoms with van der Waals surface area (Å²) in [6.45, 7) is 2.52. The van der Waals surface area contributed by atoms with E-state index in [0.29, 0.717) is 26.2 Å². The molecular weight excluding hydrogens is 349 g/mol. The lowest BCUT2D eigenvalue weighted by Gasteiger charge is -2.34. The summed E-state index contributed by atoms with van der Waals surface area (Å²) in [7, 11) is 0. The Bertz CT molecular complexity index is 904. The standard InChI is InChI=1S/C20H18FN3OS/c21-17-9-5-4-8-16(17)19(25)23-10-12-24(13-11-23)20-22-18(14-26-20)15-6-2-1-3-7-15/h1-9,14H,10-13H2. The van der Waals surface area contributed by atoms with Crippen LogP contribution in [-0.2, 0) is 0 Å². The molecule has 1 aliphatic rings. The molecule has 3 aromatic rings. The number of halogens is 1. The van der Waals surface area contributed by atoms with Crippen molar-refractivity contribution in [3.63, 3.8) is 0 Å². The van der Waals surface area contributed by atoms with Crippen molar-refractivity contribution >= 4 is 22.4 Å². The summed E-state index contributed by atoms with van der Waals surface area (Å²) in [4.78, 5) is 21.1. The van der Waals surface area contributed by atoms with E-state index >= 15 is 0 Å². The van der Waals surface area contributed by atoms with Gasteiger partial charge >= 0.3 is 0 Å².